The summed E-state index contributed by atoms with van der Waals surface area (Å²) in [5.41, 5.74) is -1.43. The number of nitrogens with one attached hydrogen (secondary N) is 1. The smallest absolute Gasteiger partial charge is 0.416 e. The molecule has 13 heteroatoms. The summed E-state index contributed by atoms with van der Waals surface area (Å²) in [5.74, 6) is -1.13. The van der Waals surface area contributed by atoms with Crippen molar-refractivity contribution in [3.8, 4) is 5.75 Å². The Balaban J connectivity index is 1.59. The van der Waals surface area contributed by atoms with Gasteiger partial charge in [0.25, 0.3) is 5.91 Å². The third-order valence-corrected chi connectivity index (χ3v) is 8.77. The Morgan fingerprint density at radius 2 is 1.79 bits per heavy atom. The van der Waals surface area contributed by atoms with Crippen LogP contribution in [0.2, 0.25) is 10.0 Å². The van der Waals surface area contributed by atoms with Crippen molar-refractivity contribution in [2.24, 2.45) is 4.99 Å². The summed E-state index contributed by atoms with van der Waals surface area (Å²) in [6.45, 7) is -0.125. The molecule has 0 aliphatic carbocycles. The average molecular weight is 754 g/mol. The maximum atomic E-state index is 14.4. The zero-order valence-electron chi connectivity index (χ0n) is 24.5. The van der Waals surface area contributed by atoms with E-state index in [0.29, 0.717) is 51.0 Å². The monoisotopic (exact) mass is 752 g/mol. The zero-order valence-corrected chi connectivity index (χ0v) is 27.6. The van der Waals surface area contributed by atoms with Crippen LogP contribution in [0.3, 0.4) is 0 Å². The number of aliphatic imine (C=N–C) groups is 1. The molecule has 246 valence electrons. The number of nitrogens with zero attached hydrogens (tertiary/aromatic N) is 1. The zero-order chi connectivity index (χ0) is 33.8. The number of carbonyl (C=O) groups is 1. The van der Waals surface area contributed by atoms with E-state index in [1.54, 1.807) is 60.7 Å². The first kappa shape index (κ1) is 34.7. The summed E-state index contributed by atoms with van der Waals surface area (Å²) < 4.78 is 67.2. The van der Waals surface area contributed by atoms with Crippen molar-refractivity contribution in [2.45, 2.75) is 37.2 Å². The van der Waals surface area contributed by atoms with Gasteiger partial charge in [-0.05, 0) is 71.8 Å². The number of carbonyl (C=O) groups excluding carboxylic acids is 1. The normalized spacial score (nSPS) is 17.6. The van der Waals surface area contributed by atoms with Crippen LogP contribution in [-0.2, 0) is 28.7 Å². The van der Waals surface area contributed by atoms with Crippen molar-refractivity contribution in [1.29, 1.82) is 0 Å². The fraction of sp³-hybridized carbons (Fsp3) is 0.235. The van der Waals surface area contributed by atoms with Gasteiger partial charge in [-0.1, -0.05) is 63.4 Å². The second kappa shape index (κ2) is 14.6. The van der Waals surface area contributed by atoms with Crippen molar-refractivity contribution in [3.05, 3.63) is 133 Å². The molecule has 0 fully saturated rings. The number of alkyl halides is 3. The highest BCUT2D eigenvalue weighted by molar-refractivity contribution is 9.10. The number of aliphatic hydroxyl groups excluding tert-OH is 1. The summed E-state index contributed by atoms with van der Waals surface area (Å²) in [5, 5.41) is 12.3. The van der Waals surface area contributed by atoms with Crippen LogP contribution in [0.15, 0.2) is 94.4 Å². The minimum absolute atomic E-state index is 0.0121. The molecular formula is C34H27BrCl2F4N2O4. The Morgan fingerprint density at radius 1 is 1.04 bits per heavy atom. The number of rotatable bonds is 11. The number of halogens is 7. The molecule has 0 unspecified atom stereocenters. The number of benzene rings is 4. The van der Waals surface area contributed by atoms with Crippen molar-refractivity contribution in [1.82, 2.24) is 5.32 Å². The van der Waals surface area contributed by atoms with Gasteiger partial charge in [-0.25, -0.2) is 9.38 Å². The van der Waals surface area contributed by atoms with Crippen molar-refractivity contribution >= 4 is 50.9 Å². The van der Waals surface area contributed by atoms with Crippen LogP contribution in [0.25, 0.3) is 0 Å². The molecule has 1 aliphatic rings. The Hall–Kier alpha value is -3.64. The number of ether oxygens (including phenoxy) is 2. The van der Waals surface area contributed by atoms with E-state index in [2.05, 4.69) is 21.2 Å². The van der Waals surface area contributed by atoms with Gasteiger partial charge in [-0.3, -0.25) is 4.79 Å². The summed E-state index contributed by atoms with van der Waals surface area (Å²) in [4.78, 5) is 19.3. The maximum absolute atomic E-state index is 14.4. The highest BCUT2D eigenvalue weighted by Gasteiger charge is 2.54. The third-order valence-electron chi connectivity index (χ3n) is 7.43. The van der Waals surface area contributed by atoms with E-state index in [0.717, 1.165) is 12.1 Å². The van der Waals surface area contributed by atoms with Crippen LogP contribution in [0.4, 0.5) is 17.6 Å². The lowest BCUT2D eigenvalue weighted by molar-refractivity contribution is -0.137. The van der Waals surface area contributed by atoms with Gasteiger partial charge in [0, 0.05) is 51.6 Å². The Morgan fingerprint density at radius 3 is 2.47 bits per heavy atom. The predicted octanol–water partition coefficient (Wildman–Crippen LogP) is 8.49. The molecule has 1 heterocycles. The number of hydrogen-bond donors (Lipinski definition) is 2. The molecule has 5 rings (SSSR count). The topological polar surface area (TPSA) is 80.2 Å². The van der Waals surface area contributed by atoms with Crippen molar-refractivity contribution < 1.29 is 36.9 Å². The van der Waals surface area contributed by atoms with E-state index < -0.39 is 41.7 Å². The molecule has 0 saturated heterocycles. The molecule has 2 N–H and O–H groups in total. The van der Waals surface area contributed by atoms with E-state index in [1.807, 2.05) is 0 Å². The van der Waals surface area contributed by atoms with E-state index in [9.17, 15) is 22.4 Å². The standard InChI is InChI=1S/C34H27BrCl2F4N2O4/c35-28-5-2-1-4-22(28)18-33(32(45)42-19-20-14-23(34(39,40)41)16-25(38)15-20)30(27-11-8-24(36)17-29(27)37)47-31(43-33)21-6-9-26(10-7-21)46-13-3-12-44/h1-2,4-11,14-17,30,44H,3,12-13,18-19H2,(H,42,45)/t30-,33-/m1/s1. The molecule has 0 bridgehead atoms. The molecule has 4 aromatic rings. The minimum atomic E-state index is -4.78. The number of hydrogen-bond acceptors (Lipinski definition) is 5. The van der Waals surface area contributed by atoms with E-state index in [-0.39, 0.29) is 29.5 Å². The molecule has 1 aliphatic heterocycles. The first-order valence-corrected chi connectivity index (χ1v) is 15.9. The van der Waals surface area contributed by atoms with Crippen LogP contribution in [-0.4, -0.2) is 35.7 Å². The lowest BCUT2D eigenvalue weighted by atomic mass is 9.82. The van der Waals surface area contributed by atoms with Gasteiger partial charge >= 0.3 is 6.18 Å². The fourth-order valence-corrected chi connectivity index (χ4v) is 6.09. The molecular weight excluding hydrogens is 727 g/mol. The van der Waals surface area contributed by atoms with Gasteiger partial charge in [0.1, 0.15) is 11.6 Å². The number of aliphatic hydroxyl groups is 1. The summed E-state index contributed by atoms with van der Waals surface area (Å²) in [6.07, 6.45) is -5.46. The average Bonchev–Trinajstić information content (AvgIpc) is 3.41. The molecule has 0 saturated carbocycles. The van der Waals surface area contributed by atoms with Gasteiger partial charge < -0.3 is 19.9 Å². The van der Waals surface area contributed by atoms with Crippen LogP contribution >= 0.6 is 39.1 Å². The molecule has 1 amide bonds. The molecule has 47 heavy (non-hydrogen) atoms. The Kier molecular flexibility index (Phi) is 10.8. The van der Waals surface area contributed by atoms with Crippen molar-refractivity contribution in [2.75, 3.05) is 13.2 Å². The quantitative estimate of drug-likeness (QED) is 0.119. The second-order valence-corrected chi connectivity index (χ2v) is 12.4. The first-order chi connectivity index (χ1) is 22.4. The second-order valence-electron chi connectivity index (χ2n) is 10.8. The summed E-state index contributed by atoms with van der Waals surface area (Å²) in [7, 11) is 0. The highest BCUT2D eigenvalue weighted by atomic mass is 79.9. The van der Waals surface area contributed by atoms with Gasteiger partial charge in [-0.15, -0.1) is 0 Å². The van der Waals surface area contributed by atoms with Crippen molar-refractivity contribution in [3.63, 3.8) is 0 Å². The van der Waals surface area contributed by atoms with Gasteiger partial charge in [0.15, 0.2) is 11.6 Å². The number of amides is 1. The van der Waals surface area contributed by atoms with E-state index in [1.165, 1.54) is 6.07 Å². The SMILES string of the molecule is O=C(NCc1cc(F)cc(C(F)(F)F)c1)[C@]1(Cc2ccccc2Br)N=C(c2ccc(OCCCO)cc2)O[C@@H]1c1ccc(Cl)cc1Cl. The largest absolute Gasteiger partial charge is 0.494 e. The predicted molar refractivity (Wildman–Crippen MR) is 174 cm³/mol. The van der Waals surface area contributed by atoms with Crippen LogP contribution in [0, 0.1) is 5.82 Å². The maximum Gasteiger partial charge on any atom is 0.416 e. The third kappa shape index (κ3) is 8.09. The van der Waals surface area contributed by atoms with Crippen LogP contribution < -0.4 is 10.1 Å². The molecule has 6 nitrogen and oxygen atoms in total. The molecule has 0 aromatic heterocycles. The highest BCUT2D eigenvalue weighted by Crippen LogP contribution is 2.46. The van der Waals surface area contributed by atoms with E-state index in [4.69, 9.17) is 42.8 Å². The lowest BCUT2D eigenvalue weighted by Gasteiger charge is -2.31. The first-order valence-electron chi connectivity index (χ1n) is 14.3. The minimum Gasteiger partial charge on any atom is -0.494 e. The molecule has 0 radical (unpaired) electrons. The fourth-order valence-electron chi connectivity index (χ4n) is 5.16. The van der Waals surface area contributed by atoms with E-state index >= 15 is 0 Å². The summed E-state index contributed by atoms with van der Waals surface area (Å²) in [6, 6.07) is 20.8. The molecule has 4 aromatic carbocycles. The molecule has 0 spiro atoms. The Bertz CT molecular complexity index is 1790. The van der Waals surface area contributed by atoms with Crippen LogP contribution in [0.1, 0.15) is 40.3 Å². The van der Waals surface area contributed by atoms with Crippen LogP contribution in [0.5, 0.6) is 5.75 Å². The van der Waals surface area contributed by atoms with Gasteiger partial charge in [-0.2, -0.15) is 13.2 Å². The molecule has 2 atom stereocenters. The van der Waals surface area contributed by atoms with Gasteiger partial charge in [0.05, 0.1) is 12.2 Å². The van der Waals surface area contributed by atoms with Gasteiger partial charge in [0.2, 0.25) is 5.90 Å². The summed E-state index contributed by atoms with van der Waals surface area (Å²) >= 11 is 16.4. The lowest BCUT2D eigenvalue weighted by Crippen LogP contribution is -2.49. The Labute approximate surface area is 286 Å².